The highest BCUT2D eigenvalue weighted by Gasteiger charge is 2.40. The first-order valence-corrected chi connectivity index (χ1v) is 11.2. The molecule has 2 atom stereocenters. The van der Waals surface area contributed by atoms with Crippen molar-refractivity contribution < 1.29 is 27.3 Å². The molecule has 30 heavy (non-hydrogen) atoms. The predicted molar refractivity (Wildman–Crippen MR) is 112 cm³/mol. The Morgan fingerprint density at radius 3 is 2.53 bits per heavy atom. The van der Waals surface area contributed by atoms with Crippen molar-refractivity contribution >= 4 is 27.6 Å². The van der Waals surface area contributed by atoms with Crippen molar-refractivity contribution in [2.24, 2.45) is 5.41 Å². The molecule has 1 aromatic carbocycles. The fourth-order valence-corrected chi connectivity index (χ4v) is 4.36. The number of amides is 1. The molecule has 0 saturated heterocycles. The minimum atomic E-state index is -4.37. The summed E-state index contributed by atoms with van der Waals surface area (Å²) in [6.07, 6.45) is 4.34. The van der Waals surface area contributed by atoms with Gasteiger partial charge in [0.2, 0.25) is 5.91 Å². The largest absolute Gasteiger partial charge is 0.465 e. The number of carbonyl (C=O) groups is 2. The van der Waals surface area contributed by atoms with Crippen LogP contribution in [0.15, 0.2) is 40.8 Å². The van der Waals surface area contributed by atoms with Gasteiger partial charge in [0, 0.05) is 18.3 Å². The number of rotatable bonds is 4. The second kappa shape index (κ2) is 7.35. The van der Waals surface area contributed by atoms with Gasteiger partial charge in [-0.3, -0.25) is 14.1 Å². The normalized spacial score (nSPS) is 23.1. The van der Waals surface area contributed by atoms with Crippen molar-refractivity contribution in [3.8, 4) is 0 Å². The first-order valence-electron chi connectivity index (χ1n) is 9.71. The van der Waals surface area contributed by atoms with Gasteiger partial charge in [-0.1, -0.05) is 39.0 Å². The highest BCUT2D eigenvalue weighted by molar-refractivity contribution is 7.85. The Kier molecular flexibility index (Phi) is 5.45. The quantitative estimate of drug-likeness (QED) is 0.557. The third-order valence-electron chi connectivity index (χ3n) is 5.46. The van der Waals surface area contributed by atoms with Crippen LogP contribution < -0.4 is 5.32 Å². The molecule has 1 aromatic rings. The molecule has 0 aromatic heterocycles. The molecule has 0 aliphatic heterocycles. The summed E-state index contributed by atoms with van der Waals surface area (Å²) in [5.41, 5.74) is 2.20. The van der Waals surface area contributed by atoms with Crippen molar-refractivity contribution in [2.75, 3.05) is 6.61 Å². The van der Waals surface area contributed by atoms with Crippen LogP contribution >= 0.6 is 0 Å². The van der Waals surface area contributed by atoms with E-state index < -0.39 is 27.0 Å². The van der Waals surface area contributed by atoms with E-state index >= 15 is 0 Å². The summed E-state index contributed by atoms with van der Waals surface area (Å²) in [5.74, 6) is -0.887. The van der Waals surface area contributed by atoms with Gasteiger partial charge in [-0.25, -0.2) is 0 Å². The monoisotopic (exact) mass is 433 g/mol. The van der Waals surface area contributed by atoms with Crippen molar-refractivity contribution in [1.29, 1.82) is 0 Å². The average molecular weight is 434 g/mol. The molecule has 0 heterocycles. The van der Waals surface area contributed by atoms with Gasteiger partial charge < -0.3 is 10.1 Å². The van der Waals surface area contributed by atoms with Crippen LogP contribution in [0.4, 0.5) is 0 Å². The minimum absolute atomic E-state index is 0.0488. The smallest absolute Gasteiger partial charge is 0.302 e. The van der Waals surface area contributed by atoms with Gasteiger partial charge in [0.1, 0.15) is 6.61 Å². The molecule has 2 N–H and O–H groups in total. The minimum Gasteiger partial charge on any atom is -0.465 e. The molecule has 0 radical (unpaired) electrons. The van der Waals surface area contributed by atoms with E-state index in [-0.39, 0.29) is 23.3 Å². The Balaban J connectivity index is 2.00. The van der Waals surface area contributed by atoms with Crippen LogP contribution in [0.3, 0.4) is 0 Å². The number of ether oxygens (including phenoxy) is 1. The molecule has 2 aliphatic carbocycles. The lowest BCUT2D eigenvalue weighted by Crippen LogP contribution is -2.49. The van der Waals surface area contributed by atoms with Gasteiger partial charge in [-0.15, -0.1) is 0 Å². The van der Waals surface area contributed by atoms with Crippen LogP contribution in [0, 0.1) is 5.41 Å². The Morgan fingerprint density at radius 1 is 1.30 bits per heavy atom. The van der Waals surface area contributed by atoms with E-state index in [0.29, 0.717) is 12.0 Å². The van der Waals surface area contributed by atoms with Gasteiger partial charge in [0.15, 0.2) is 0 Å². The first-order chi connectivity index (χ1) is 13.7. The third-order valence-corrected chi connectivity index (χ3v) is 6.31. The zero-order valence-corrected chi connectivity index (χ0v) is 18.6. The van der Waals surface area contributed by atoms with E-state index in [1.165, 1.54) is 19.1 Å². The molecular weight excluding hydrogens is 406 g/mol. The van der Waals surface area contributed by atoms with Crippen molar-refractivity contribution in [3.63, 3.8) is 0 Å². The summed E-state index contributed by atoms with van der Waals surface area (Å²) in [7, 11) is -4.37. The maximum absolute atomic E-state index is 12.6. The Hall–Kier alpha value is -2.45. The van der Waals surface area contributed by atoms with Crippen LogP contribution in [0.5, 0.6) is 0 Å². The lowest BCUT2D eigenvalue weighted by Gasteiger charge is -2.35. The van der Waals surface area contributed by atoms with Crippen LogP contribution in [0.1, 0.15) is 58.1 Å². The van der Waals surface area contributed by atoms with E-state index in [2.05, 4.69) is 5.32 Å². The van der Waals surface area contributed by atoms with Crippen LogP contribution in [0.25, 0.3) is 5.57 Å². The fourth-order valence-electron chi connectivity index (χ4n) is 3.84. The highest BCUT2D eigenvalue weighted by Crippen LogP contribution is 2.49. The van der Waals surface area contributed by atoms with Crippen LogP contribution in [0.2, 0.25) is 0 Å². The number of hydrogen-bond donors (Lipinski definition) is 2. The van der Waals surface area contributed by atoms with E-state index in [9.17, 15) is 22.6 Å². The Labute approximate surface area is 176 Å². The number of benzene rings is 1. The average Bonchev–Trinajstić information content (AvgIpc) is 2.89. The summed E-state index contributed by atoms with van der Waals surface area (Å²) >= 11 is 0. The molecule has 3 rings (SSSR count). The number of fused-ring (bicyclic) bond motifs is 2. The predicted octanol–water partition coefficient (Wildman–Crippen LogP) is 3.23. The Morgan fingerprint density at radius 2 is 1.97 bits per heavy atom. The second-order valence-electron chi connectivity index (χ2n) is 9.15. The van der Waals surface area contributed by atoms with E-state index in [0.717, 1.165) is 16.7 Å². The molecule has 0 fully saturated rings. The van der Waals surface area contributed by atoms with Crippen LogP contribution in [-0.4, -0.2) is 37.0 Å². The SMILES string of the molecule is CC(=O)OCC1C2=C(C=CC(C)(NC(=O)C(C)(C)C)C2)c2ccc(S(=O)(=O)O)cc21. The molecule has 8 heteroatoms. The molecule has 0 spiro atoms. The summed E-state index contributed by atoms with van der Waals surface area (Å²) in [6.45, 7) is 8.81. The Bertz CT molecular complexity index is 1080. The number of nitrogens with one attached hydrogen (secondary N) is 1. The lowest BCUT2D eigenvalue weighted by atomic mass is 9.80. The van der Waals surface area contributed by atoms with Crippen molar-refractivity contribution in [3.05, 3.63) is 47.1 Å². The fraction of sp³-hybridized carbons (Fsp3) is 0.455. The van der Waals surface area contributed by atoms with Crippen molar-refractivity contribution in [2.45, 2.75) is 57.4 Å². The zero-order chi connectivity index (χ0) is 22.5. The highest BCUT2D eigenvalue weighted by atomic mass is 32.2. The number of hydrogen-bond acceptors (Lipinski definition) is 5. The summed E-state index contributed by atoms with van der Waals surface area (Å²) < 4.78 is 38.0. The number of esters is 1. The van der Waals surface area contributed by atoms with E-state index in [4.69, 9.17) is 4.74 Å². The first kappa shape index (κ1) is 22.2. The molecule has 7 nitrogen and oxygen atoms in total. The van der Waals surface area contributed by atoms with Crippen molar-refractivity contribution in [1.82, 2.24) is 5.32 Å². The number of allylic oxidation sites excluding steroid dienone is 2. The second-order valence-corrected chi connectivity index (χ2v) is 10.6. The van der Waals surface area contributed by atoms with Gasteiger partial charge in [-0.05, 0) is 47.8 Å². The molecule has 1 amide bonds. The maximum atomic E-state index is 12.6. The standard InChI is InChI=1S/C22H27NO6S/c1-13(24)29-12-19-17-10-14(30(26,27)28)6-7-15(17)16-8-9-22(5,11-18(16)19)23-20(25)21(2,3)4/h6-10,19H,11-12H2,1-5H3,(H,23,25)(H,26,27,28). The molecule has 2 unspecified atom stereocenters. The maximum Gasteiger partial charge on any atom is 0.302 e. The van der Waals surface area contributed by atoms with Crippen LogP contribution in [-0.2, 0) is 24.4 Å². The molecular formula is C22H27NO6S. The molecule has 0 bridgehead atoms. The molecule has 162 valence electrons. The van der Waals surface area contributed by atoms with Gasteiger partial charge >= 0.3 is 5.97 Å². The molecule has 2 aliphatic rings. The third kappa shape index (κ3) is 4.34. The topological polar surface area (TPSA) is 110 Å². The van der Waals surface area contributed by atoms with E-state index in [1.807, 2.05) is 39.8 Å². The zero-order valence-electron chi connectivity index (χ0n) is 17.8. The summed E-state index contributed by atoms with van der Waals surface area (Å²) in [4.78, 5) is 23.8. The lowest BCUT2D eigenvalue weighted by molar-refractivity contribution is -0.141. The van der Waals surface area contributed by atoms with Gasteiger partial charge in [0.25, 0.3) is 10.1 Å². The number of carbonyl (C=O) groups excluding carboxylic acids is 2. The van der Waals surface area contributed by atoms with Gasteiger partial charge in [-0.2, -0.15) is 8.42 Å². The van der Waals surface area contributed by atoms with Gasteiger partial charge in [0.05, 0.1) is 10.4 Å². The van der Waals surface area contributed by atoms with E-state index in [1.54, 1.807) is 6.07 Å². The molecule has 0 saturated carbocycles. The summed E-state index contributed by atoms with van der Waals surface area (Å²) in [5, 5.41) is 3.09. The summed E-state index contributed by atoms with van der Waals surface area (Å²) in [6, 6.07) is 4.44.